The van der Waals surface area contributed by atoms with Gasteiger partial charge in [0, 0.05) is 30.3 Å². The Kier molecular flexibility index (Phi) is 4.88. The van der Waals surface area contributed by atoms with Crippen LogP contribution in [-0.4, -0.2) is 19.7 Å². The Morgan fingerprint density at radius 2 is 1.87 bits per heavy atom. The predicted octanol–water partition coefficient (Wildman–Crippen LogP) is 4.29. The summed E-state index contributed by atoms with van der Waals surface area (Å²) in [5.41, 5.74) is 2.28. The van der Waals surface area contributed by atoms with Crippen LogP contribution in [0.15, 0.2) is 72.7 Å². The van der Waals surface area contributed by atoms with Gasteiger partial charge in [0.25, 0.3) is 0 Å². The van der Waals surface area contributed by atoms with Gasteiger partial charge in [-0.1, -0.05) is 48.2 Å². The second-order valence-corrected chi connectivity index (χ2v) is 6.31. The van der Waals surface area contributed by atoms with Gasteiger partial charge in [-0.15, -0.1) is 16.8 Å². The standard InChI is InChI=1S/C18H18N4S/c1-3-7-16(14-8-5-4-6-9-14)23-18-21-20-17(22(18)2)15-10-12-19-13-11-15/h3-6,8-13,16H,1,7H2,2H3. The third-order valence-electron chi connectivity index (χ3n) is 3.57. The highest BCUT2D eigenvalue weighted by molar-refractivity contribution is 7.99. The van der Waals surface area contributed by atoms with Gasteiger partial charge in [0.15, 0.2) is 11.0 Å². The average Bonchev–Trinajstić information content (AvgIpc) is 2.97. The molecule has 5 heteroatoms. The summed E-state index contributed by atoms with van der Waals surface area (Å²) in [4.78, 5) is 4.05. The van der Waals surface area contributed by atoms with Gasteiger partial charge in [0.2, 0.25) is 0 Å². The van der Waals surface area contributed by atoms with E-state index in [1.54, 1.807) is 24.2 Å². The largest absolute Gasteiger partial charge is 0.305 e. The molecule has 0 saturated carbocycles. The van der Waals surface area contributed by atoms with Crippen LogP contribution in [0.25, 0.3) is 11.4 Å². The first kappa shape index (κ1) is 15.5. The van der Waals surface area contributed by atoms with Crippen LogP contribution in [0.2, 0.25) is 0 Å². The molecule has 0 radical (unpaired) electrons. The van der Waals surface area contributed by atoms with Crippen molar-refractivity contribution in [2.24, 2.45) is 7.05 Å². The molecule has 0 fully saturated rings. The highest BCUT2D eigenvalue weighted by Crippen LogP contribution is 2.37. The maximum Gasteiger partial charge on any atom is 0.191 e. The molecule has 4 nitrogen and oxygen atoms in total. The minimum absolute atomic E-state index is 0.280. The average molecular weight is 322 g/mol. The molecule has 23 heavy (non-hydrogen) atoms. The number of allylic oxidation sites excluding steroid dienone is 1. The minimum Gasteiger partial charge on any atom is -0.305 e. The Bertz CT molecular complexity index is 768. The van der Waals surface area contributed by atoms with Crippen LogP contribution < -0.4 is 0 Å². The normalized spacial score (nSPS) is 12.0. The van der Waals surface area contributed by atoms with E-state index in [4.69, 9.17) is 0 Å². The lowest BCUT2D eigenvalue weighted by molar-refractivity contribution is 0.786. The summed E-state index contributed by atoms with van der Waals surface area (Å²) in [6.45, 7) is 3.88. The summed E-state index contributed by atoms with van der Waals surface area (Å²) in [7, 11) is 1.99. The van der Waals surface area contributed by atoms with Crippen LogP contribution in [0.1, 0.15) is 17.2 Å². The number of rotatable bonds is 6. The second-order valence-electron chi connectivity index (χ2n) is 5.14. The lowest BCUT2D eigenvalue weighted by atomic mass is 10.1. The van der Waals surface area contributed by atoms with E-state index < -0.39 is 0 Å². The van der Waals surface area contributed by atoms with Gasteiger partial charge in [-0.05, 0) is 24.1 Å². The van der Waals surface area contributed by atoms with Crippen LogP contribution in [0.4, 0.5) is 0 Å². The van der Waals surface area contributed by atoms with Crippen LogP contribution in [0.3, 0.4) is 0 Å². The molecule has 3 rings (SSSR count). The molecule has 2 aromatic heterocycles. The van der Waals surface area contributed by atoms with E-state index in [1.807, 2.05) is 35.9 Å². The fourth-order valence-corrected chi connectivity index (χ4v) is 3.48. The molecule has 0 aliphatic carbocycles. The number of pyridine rings is 1. The Balaban J connectivity index is 1.87. The van der Waals surface area contributed by atoms with E-state index in [0.29, 0.717) is 0 Å². The van der Waals surface area contributed by atoms with Crippen LogP contribution in [-0.2, 0) is 7.05 Å². The Labute approximate surface area is 140 Å². The zero-order valence-corrected chi connectivity index (χ0v) is 13.8. The van der Waals surface area contributed by atoms with E-state index in [-0.39, 0.29) is 5.25 Å². The predicted molar refractivity (Wildman–Crippen MR) is 94.1 cm³/mol. The molecule has 0 aliphatic rings. The first-order valence-corrected chi connectivity index (χ1v) is 8.30. The summed E-state index contributed by atoms with van der Waals surface area (Å²) in [6, 6.07) is 14.3. The number of hydrogen-bond acceptors (Lipinski definition) is 4. The van der Waals surface area contributed by atoms with Crippen LogP contribution in [0, 0.1) is 0 Å². The monoisotopic (exact) mass is 322 g/mol. The minimum atomic E-state index is 0.280. The molecule has 0 saturated heterocycles. The Morgan fingerprint density at radius 1 is 1.13 bits per heavy atom. The number of thioether (sulfide) groups is 1. The van der Waals surface area contributed by atoms with E-state index >= 15 is 0 Å². The van der Waals surface area contributed by atoms with Crippen LogP contribution in [0.5, 0.6) is 0 Å². The van der Waals surface area contributed by atoms with Crippen LogP contribution >= 0.6 is 11.8 Å². The maximum atomic E-state index is 4.36. The van der Waals surface area contributed by atoms with Crippen molar-refractivity contribution in [2.45, 2.75) is 16.8 Å². The lowest BCUT2D eigenvalue weighted by Gasteiger charge is -2.14. The van der Waals surface area contributed by atoms with Crippen molar-refractivity contribution < 1.29 is 0 Å². The fourth-order valence-electron chi connectivity index (χ4n) is 2.37. The third kappa shape index (κ3) is 3.51. The quantitative estimate of drug-likeness (QED) is 0.502. The third-order valence-corrected chi connectivity index (χ3v) is 4.89. The molecule has 0 aliphatic heterocycles. The van der Waals surface area contributed by atoms with Gasteiger partial charge in [-0.2, -0.15) is 0 Å². The first-order valence-electron chi connectivity index (χ1n) is 7.42. The van der Waals surface area contributed by atoms with Crippen molar-refractivity contribution in [3.8, 4) is 11.4 Å². The van der Waals surface area contributed by atoms with E-state index in [1.165, 1.54) is 5.56 Å². The van der Waals surface area contributed by atoms with Gasteiger partial charge in [-0.3, -0.25) is 4.98 Å². The van der Waals surface area contributed by atoms with Crippen molar-refractivity contribution in [3.63, 3.8) is 0 Å². The van der Waals surface area contributed by atoms with E-state index in [0.717, 1.165) is 23.0 Å². The smallest absolute Gasteiger partial charge is 0.191 e. The fraction of sp³-hybridized carbons (Fsp3) is 0.167. The summed E-state index contributed by atoms with van der Waals surface area (Å²) >= 11 is 1.71. The molecular weight excluding hydrogens is 304 g/mol. The molecule has 0 bridgehead atoms. The molecule has 0 N–H and O–H groups in total. The molecule has 1 unspecified atom stereocenters. The maximum absolute atomic E-state index is 4.36. The second kappa shape index (κ2) is 7.24. The molecule has 1 atom stereocenters. The zero-order valence-electron chi connectivity index (χ0n) is 13.0. The molecule has 2 heterocycles. The highest BCUT2D eigenvalue weighted by atomic mass is 32.2. The van der Waals surface area contributed by atoms with E-state index in [2.05, 4.69) is 46.0 Å². The lowest BCUT2D eigenvalue weighted by Crippen LogP contribution is -1.98. The van der Waals surface area contributed by atoms with Gasteiger partial charge >= 0.3 is 0 Å². The zero-order chi connectivity index (χ0) is 16.1. The summed E-state index contributed by atoms with van der Waals surface area (Å²) in [6.07, 6.45) is 6.36. The molecule has 116 valence electrons. The summed E-state index contributed by atoms with van der Waals surface area (Å²) < 4.78 is 2.03. The van der Waals surface area contributed by atoms with Crippen molar-refractivity contribution in [1.82, 2.24) is 19.7 Å². The van der Waals surface area contributed by atoms with Gasteiger partial charge in [0.05, 0.1) is 0 Å². The number of aromatic nitrogens is 4. The van der Waals surface area contributed by atoms with Gasteiger partial charge < -0.3 is 4.57 Å². The van der Waals surface area contributed by atoms with Gasteiger partial charge in [0.1, 0.15) is 0 Å². The molecular formula is C18H18N4S. The number of nitrogens with zero attached hydrogens (tertiary/aromatic N) is 4. The van der Waals surface area contributed by atoms with Crippen molar-refractivity contribution in [1.29, 1.82) is 0 Å². The number of hydrogen-bond donors (Lipinski definition) is 0. The topological polar surface area (TPSA) is 43.6 Å². The Hall–Kier alpha value is -2.40. The summed E-state index contributed by atoms with van der Waals surface area (Å²) in [5, 5.41) is 9.87. The van der Waals surface area contributed by atoms with Gasteiger partial charge in [-0.25, -0.2) is 0 Å². The van der Waals surface area contributed by atoms with Crippen molar-refractivity contribution in [2.75, 3.05) is 0 Å². The SMILES string of the molecule is C=CCC(Sc1nnc(-c2ccncc2)n1C)c1ccccc1. The molecule has 0 amide bonds. The Morgan fingerprint density at radius 3 is 2.57 bits per heavy atom. The first-order chi connectivity index (χ1) is 11.3. The molecule has 3 aromatic rings. The van der Waals surface area contributed by atoms with E-state index in [9.17, 15) is 0 Å². The molecule has 1 aromatic carbocycles. The molecule has 0 spiro atoms. The summed E-state index contributed by atoms with van der Waals surface area (Å²) in [5.74, 6) is 0.848. The number of benzene rings is 1. The van der Waals surface area contributed by atoms with Crippen molar-refractivity contribution >= 4 is 11.8 Å². The highest BCUT2D eigenvalue weighted by Gasteiger charge is 2.17. The van der Waals surface area contributed by atoms with Crippen molar-refractivity contribution in [3.05, 3.63) is 73.1 Å².